The third kappa shape index (κ3) is 3.66. The number of hydrogen-bond acceptors (Lipinski definition) is 2. The van der Waals surface area contributed by atoms with Gasteiger partial charge in [-0.3, -0.25) is 4.79 Å². The van der Waals surface area contributed by atoms with E-state index in [1.807, 2.05) is 18.2 Å². The van der Waals surface area contributed by atoms with Crippen LogP contribution < -0.4 is 4.74 Å². The highest BCUT2D eigenvalue weighted by atomic mass is 35.5. The van der Waals surface area contributed by atoms with E-state index in [0.717, 1.165) is 0 Å². The highest BCUT2D eigenvalue weighted by Crippen LogP contribution is 2.09. The molecular weight excluding hydrogens is 211 g/mol. The molecule has 1 aromatic carbocycles. The van der Waals surface area contributed by atoms with Crippen LogP contribution in [-0.4, -0.2) is 17.2 Å². The molecule has 0 aromatic heterocycles. The molecule has 0 N–H and O–H groups in total. The molecular formula is C9H8Cl2O2. The molecule has 0 amide bonds. The molecule has 70 valence electrons. The van der Waals surface area contributed by atoms with Gasteiger partial charge in [-0.15, -0.1) is 0 Å². The Labute approximate surface area is 86.4 Å². The van der Waals surface area contributed by atoms with Gasteiger partial charge in [-0.25, -0.2) is 0 Å². The van der Waals surface area contributed by atoms with Crippen molar-refractivity contribution >= 4 is 29.0 Å². The number of ether oxygens (including phenoxy) is 1. The van der Waals surface area contributed by atoms with Gasteiger partial charge in [0.25, 0.3) is 0 Å². The van der Waals surface area contributed by atoms with Crippen LogP contribution in [0.25, 0.3) is 0 Å². The predicted molar refractivity (Wildman–Crippen MR) is 52.4 cm³/mol. The van der Waals surface area contributed by atoms with Crippen molar-refractivity contribution in [3.63, 3.8) is 0 Å². The molecule has 2 nitrogen and oxygen atoms in total. The molecule has 0 saturated heterocycles. The molecule has 0 fully saturated rings. The molecule has 13 heavy (non-hydrogen) atoms. The standard InChI is InChI=1S/C9H8Cl2O2/c10-9(11)8(12)6-13-7-4-2-1-3-5-7/h1-5,9H,6H2. The molecule has 0 aliphatic carbocycles. The summed E-state index contributed by atoms with van der Waals surface area (Å²) in [4.78, 5) is 9.92. The van der Waals surface area contributed by atoms with Gasteiger partial charge in [0, 0.05) is 0 Å². The van der Waals surface area contributed by atoms with Gasteiger partial charge in [0.1, 0.15) is 12.4 Å². The van der Waals surface area contributed by atoms with E-state index in [4.69, 9.17) is 27.9 Å². The molecule has 0 aliphatic heterocycles. The number of carbonyl (C=O) groups excluding carboxylic acids is 1. The number of Topliss-reactive ketones (excluding diaryl/α,β-unsaturated/α-hetero) is 1. The maximum absolute atomic E-state index is 10.9. The average molecular weight is 219 g/mol. The van der Waals surface area contributed by atoms with Gasteiger partial charge in [-0.05, 0) is 12.1 Å². The Balaban J connectivity index is 2.40. The predicted octanol–water partition coefficient (Wildman–Crippen LogP) is 2.44. The van der Waals surface area contributed by atoms with Crippen molar-refractivity contribution in [3.8, 4) is 5.75 Å². The van der Waals surface area contributed by atoms with Crippen LogP contribution in [0, 0.1) is 0 Å². The van der Waals surface area contributed by atoms with Crippen molar-refractivity contribution in [2.45, 2.75) is 4.84 Å². The van der Waals surface area contributed by atoms with Crippen molar-refractivity contribution in [1.29, 1.82) is 0 Å². The third-order valence-electron chi connectivity index (χ3n) is 1.37. The van der Waals surface area contributed by atoms with Crippen molar-refractivity contribution in [1.82, 2.24) is 0 Å². The summed E-state index contributed by atoms with van der Waals surface area (Å²) in [6, 6.07) is 9.01. The van der Waals surface area contributed by atoms with Crippen molar-refractivity contribution < 1.29 is 9.53 Å². The SMILES string of the molecule is O=C(COc1ccccc1)C(Cl)Cl. The zero-order chi connectivity index (χ0) is 9.68. The van der Waals surface area contributed by atoms with Crippen LogP contribution in [0.15, 0.2) is 30.3 Å². The molecule has 0 heterocycles. The summed E-state index contributed by atoms with van der Waals surface area (Å²) in [6.07, 6.45) is 0. The lowest BCUT2D eigenvalue weighted by Crippen LogP contribution is -2.17. The van der Waals surface area contributed by atoms with Crippen LogP contribution in [0.4, 0.5) is 0 Å². The van der Waals surface area contributed by atoms with Gasteiger partial charge in [-0.2, -0.15) is 0 Å². The maximum atomic E-state index is 10.9. The second-order valence-electron chi connectivity index (χ2n) is 2.37. The monoisotopic (exact) mass is 218 g/mol. The molecule has 0 spiro atoms. The van der Waals surface area contributed by atoms with Gasteiger partial charge in [0.2, 0.25) is 5.78 Å². The van der Waals surface area contributed by atoms with Gasteiger partial charge in [0.05, 0.1) is 0 Å². The zero-order valence-corrected chi connectivity index (χ0v) is 8.26. The number of ketones is 1. The van der Waals surface area contributed by atoms with Crippen molar-refractivity contribution in [2.24, 2.45) is 0 Å². The number of hydrogen-bond donors (Lipinski definition) is 0. The first-order chi connectivity index (χ1) is 6.20. The molecule has 0 atom stereocenters. The van der Waals surface area contributed by atoms with Gasteiger partial charge < -0.3 is 4.74 Å². The summed E-state index contributed by atoms with van der Waals surface area (Å²) in [5.41, 5.74) is 0. The largest absolute Gasteiger partial charge is 0.486 e. The Hall–Kier alpha value is -0.730. The Morgan fingerprint density at radius 1 is 1.31 bits per heavy atom. The molecule has 1 aromatic rings. The fraction of sp³-hybridized carbons (Fsp3) is 0.222. The van der Waals surface area contributed by atoms with Gasteiger partial charge in [0.15, 0.2) is 4.84 Å². The summed E-state index contributed by atoms with van der Waals surface area (Å²) in [5, 5.41) is 0. The fourth-order valence-corrected chi connectivity index (χ4v) is 0.860. The van der Waals surface area contributed by atoms with E-state index in [2.05, 4.69) is 0 Å². The van der Waals surface area contributed by atoms with Crippen LogP contribution in [0.3, 0.4) is 0 Å². The Bertz CT molecular complexity index is 272. The molecule has 4 heteroatoms. The molecule has 1 rings (SSSR count). The molecule has 0 aliphatic rings. The van der Waals surface area contributed by atoms with E-state index in [-0.39, 0.29) is 12.4 Å². The minimum atomic E-state index is -1.01. The third-order valence-corrected chi connectivity index (χ3v) is 1.85. The average Bonchev–Trinajstić information content (AvgIpc) is 2.15. The summed E-state index contributed by atoms with van der Waals surface area (Å²) >= 11 is 10.7. The molecule has 0 radical (unpaired) electrons. The van der Waals surface area contributed by atoms with Crippen LogP contribution in [0.1, 0.15) is 0 Å². The van der Waals surface area contributed by atoms with Crippen LogP contribution in [0.5, 0.6) is 5.75 Å². The minimum absolute atomic E-state index is 0.0956. The van der Waals surface area contributed by atoms with Gasteiger partial charge in [-0.1, -0.05) is 41.4 Å². The Kier molecular flexibility index (Phi) is 4.06. The molecule has 0 saturated carbocycles. The number of rotatable bonds is 4. The first kappa shape index (κ1) is 10.4. The maximum Gasteiger partial charge on any atom is 0.202 e. The van der Waals surface area contributed by atoms with E-state index in [0.29, 0.717) is 5.75 Å². The first-order valence-electron chi connectivity index (χ1n) is 3.69. The number of halogens is 2. The number of carbonyl (C=O) groups is 1. The topological polar surface area (TPSA) is 26.3 Å². The lowest BCUT2D eigenvalue weighted by atomic mass is 10.3. The van der Waals surface area contributed by atoms with Crippen LogP contribution in [0.2, 0.25) is 0 Å². The minimum Gasteiger partial charge on any atom is -0.486 e. The first-order valence-corrected chi connectivity index (χ1v) is 4.56. The smallest absolute Gasteiger partial charge is 0.202 e. The molecule has 0 unspecified atom stereocenters. The second kappa shape index (κ2) is 5.10. The lowest BCUT2D eigenvalue weighted by Gasteiger charge is -2.04. The summed E-state index contributed by atoms with van der Waals surface area (Å²) < 4.78 is 5.11. The van der Waals surface area contributed by atoms with Gasteiger partial charge >= 0.3 is 0 Å². The van der Waals surface area contributed by atoms with E-state index in [1.54, 1.807) is 12.1 Å². The number of para-hydroxylation sites is 1. The summed E-state index contributed by atoms with van der Waals surface area (Å²) in [6.45, 7) is -0.0956. The van der Waals surface area contributed by atoms with Crippen LogP contribution in [-0.2, 0) is 4.79 Å². The van der Waals surface area contributed by atoms with E-state index in [9.17, 15) is 4.79 Å². The summed E-state index contributed by atoms with van der Waals surface area (Å²) in [7, 11) is 0. The van der Waals surface area contributed by atoms with Crippen molar-refractivity contribution in [2.75, 3.05) is 6.61 Å². The van der Waals surface area contributed by atoms with E-state index < -0.39 is 4.84 Å². The fourth-order valence-electron chi connectivity index (χ4n) is 0.734. The highest BCUT2D eigenvalue weighted by Gasteiger charge is 2.11. The second-order valence-corrected chi connectivity index (χ2v) is 3.47. The van der Waals surface area contributed by atoms with E-state index in [1.165, 1.54) is 0 Å². The lowest BCUT2D eigenvalue weighted by molar-refractivity contribution is -0.119. The Morgan fingerprint density at radius 3 is 2.46 bits per heavy atom. The zero-order valence-electron chi connectivity index (χ0n) is 6.74. The van der Waals surface area contributed by atoms with Crippen molar-refractivity contribution in [3.05, 3.63) is 30.3 Å². The van der Waals surface area contributed by atoms with Crippen LogP contribution >= 0.6 is 23.2 Å². The quantitative estimate of drug-likeness (QED) is 0.727. The molecule has 0 bridgehead atoms. The number of benzene rings is 1. The summed E-state index contributed by atoms with van der Waals surface area (Å²) in [5.74, 6) is 0.289. The Morgan fingerprint density at radius 2 is 1.92 bits per heavy atom. The highest BCUT2D eigenvalue weighted by molar-refractivity contribution is 6.53. The van der Waals surface area contributed by atoms with E-state index >= 15 is 0 Å². The normalized spacial score (nSPS) is 10.1. The number of alkyl halides is 2.